The maximum Gasteiger partial charge on any atom is 0.321 e. The summed E-state index contributed by atoms with van der Waals surface area (Å²) in [5.74, 6) is -1.02. The van der Waals surface area contributed by atoms with Gasteiger partial charge in [-0.2, -0.15) is 11.8 Å². The Hall–Kier alpha value is -0.320. The Morgan fingerprint density at radius 3 is 2.40 bits per heavy atom. The summed E-state index contributed by atoms with van der Waals surface area (Å²) in [6.07, 6.45) is 2.04. The van der Waals surface area contributed by atoms with Crippen LogP contribution in [0.25, 0.3) is 0 Å². The van der Waals surface area contributed by atoms with E-state index >= 15 is 0 Å². The summed E-state index contributed by atoms with van der Waals surface area (Å²) in [7, 11) is -6.96. The number of hydrogen-bond donors (Lipinski definition) is 2. The molecule has 1 saturated heterocycles. The first-order valence-corrected chi connectivity index (χ1v) is 10.9. The Labute approximate surface area is 123 Å². The van der Waals surface area contributed by atoms with E-state index in [2.05, 4.69) is 4.72 Å². The lowest BCUT2D eigenvalue weighted by Gasteiger charge is -2.24. The maximum atomic E-state index is 12.1. The molecule has 0 aliphatic carbocycles. The normalized spacial score (nSPS) is 21.4. The molecule has 0 spiro atoms. The Morgan fingerprint density at radius 2 is 1.95 bits per heavy atom. The van der Waals surface area contributed by atoms with E-state index in [1.165, 1.54) is 11.8 Å². The molecule has 0 aromatic heterocycles. The summed E-state index contributed by atoms with van der Waals surface area (Å²) in [5.41, 5.74) is 0. The van der Waals surface area contributed by atoms with Crippen LogP contribution in [0.1, 0.15) is 19.3 Å². The highest BCUT2D eigenvalue weighted by Crippen LogP contribution is 2.19. The number of carboxylic acids is 1. The molecule has 10 heteroatoms. The van der Waals surface area contributed by atoms with Crippen molar-refractivity contribution in [1.29, 1.82) is 0 Å². The molecule has 1 aliphatic heterocycles. The molecule has 20 heavy (non-hydrogen) atoms. The monoisotopic (exact) mass is 345 g/mol. The number of carbonyl (C=O) groups is 1. The zero-order valence-corrected chi connectivity index (χ0v) is 13.6. The van der Waals surface area contributed by atoms with Crippen LogP contribution in [0, 0.1) is 0 Å². The van der Waals surface area contributed by atoms with Crippen molar-refractivity contribution in [3.05, 3.63) is 0 Å². The minimum Gasteiger partial charge on any atom is -0.480 e. The quantitative estimate of drug-likeness (QED) is 0.650. The fraction of sp³-hybridized carbons (Fsp3) is 0.900. The van der Waals surface area contributed by atoms with Crippen molar-refractivity contribution < 1.29 is 26.7 Å². The number of rotatable bonds is 7. The second-order valence-corrected chi connectivity index (χ2v) is 9.97. The van der Waals surface area contributed by atoms with E-state index in [4.69, 9.17) is 5.11 Å². The van der Waals surface area contributed by atoms with Gasteiger partial charge >= 0.3 is 5.97 Å². The molecule has 0 aromatic carbocycles. The molecular formula is C10H19NO6S3. The van der Waals surface area contributed by atoms with Crippen molar-refractivity contribution in [1.82, 2.24) is 4.72 Å². The summed E-state index contributed by atoms with van der Waals surface area (Å²) >= 11 is 1.43. The van der Waals surface area contributed by atoms with E-state index in [-0.39, 0.29) is 30.8 Å². The van der Waals surface area contributed by atoms with Gasteiger partial charge < -0.3 is 5.11 Å². The minimum atomic E-state index is -3.81. The summed E-state index contributed by atoms with van der Waals surface area (Å²) in [5, 5.41) is 8.18. The topological polar surface area (TPSA) is 118 Å². The molecule has 118 valence electrons. The Balaban J connectivity index is 2.70. The SMILES string of the molecule is CSCC[C@@H](NS(=O)(=O)C1CCS(=O)(=O)CC1)C(=O)O. The standard InChI is InChI=1S/C10H19NO6S3/c1-18-5-2-9(10(12)13)11-20(16,17)8-3-6-19(14,15)7-4-8/h8-9,11H,2-7H2,1H3,(H,12,13)/t9-/m1/s1. The third-order valence-electron chi connectivity index (χ3n) is 3.16. The predicted molar refractivity (Wildman–Crippen MR) is 78.2 cm³/mol. The maximum absolute atomic E-state index is 12.1. The third kappa shape index (κ3) is 5.23. The van der Waals surface area contributed by atoms with Crippen molar-refractivity contribution >= 4 is 37.6 Å². The van der Waals surface area contributed by atoms with Gasteiger partial charge in [-0.1, -0.05) is 0 Å². The van der Waals surface area contributed by atoms with Crippen LogP contribution in [-0.4, -0.2) is 62.7 Å². The highest BCUT2D eigenvalue weighted by atomic mass is 32.2. The molecule has 0 radical (unpaired) electrons. The second-order valence-electron chi connectivity index (χ2n) is 4.69. The highest BCUT2D eigenvalue weighted by molar-refractivity contribution is 7.98. The van der Waals surface area contributed by atoms with Crippen LogP contribution in [0.3, 0.4) is 0 Å². The van der Waals surface area contributed by atoms with Gasteiger partial charge in [0.1, 0.15) is 15.9 Å². The Bertz CT molecular complexity index is 527. The van der Waals surface area contributed by atoms with Crippen LogP contribution >= 0.6 is 11.8 Å². The number of thioether (sulfide) groups is 1. The van der Waals surface area contributed by atoms with Gasteiger partial charge in [-0.05, 0) is 31.3 Å². The van der Waals surface area contributed by atoms with Gasteiger partial charge in [0.25, 0.3) is 0 Å². The molecule has 1 rings (SSSR count). The molecule has 0 bridgehead atoms. The molecule has 0 unspecified atom stereocenters. The van der Waals surface area contributed by atoms with Crippen LogP contribution in [0.4, 0.5) is 0 Å². The number of hydrogen-bond acceptors (Lipinski definition) is 6. The molecule has 1 fully saturated rings. The zero-order valence-electron chi connectivity index (χ0n) is 11.1. The lowest BCUT2D eigenvalue weighted by Crippen LogP contribution is -2.47. The van der Waals surface area contributed by atoms with Crippen molar-refractivity contribution in [2.45, 2.75) is 30.6 Å². The second kappa shape index (κ2) is 7.10. The van der Waals surface area contributed by atoms with Gasteiger partial charge in [0.15, 0.2) is 0 Å². The number of nitrogens with one attached hydrogen (secondary N) is 1. The predicted octanol–water partition coefficient (Wildman–Crippen LogP) is -0.311. The number of sulfone groups is 1. The Morgan fingerprint density at radius 1 is 1.40 bits per heavy atom. The Kier molecular flexibility index (Phi) is 6.29. The molecule has 1 atom stereocenters. The van der Waals surface area contributed by atoms with E-state index in [9.17, 15) is 21.6 Å². The van der Waals surface area contributed by atoms with Gasteiger partial charge in [0.05, 0.1) is 16.8 Å². The molecule has 0 amide bonds. The molecule has 0 aromatic rings. The average Bonchev–Trinajstić information content (AvgIpc) is 2.33. The summed E-state index contributed by atoms with van der Waals surface area (Å²) in [6.45, 7) is 0. The van der Waals surface area contributed by atoms with Gasteiger partial charge in [-0.15, -0.1) is 0 Å². The summed E-state index contributed by atoms with van der Waals surface area (Å²) in [6, 6.07) is -1.16. The van der Waals surface area contributed by atoms with E-state index in [0.29, 0.717) is 5.75 Å². The van der Waals surface area contributed by atoms with E-state index in [0.717, 1.165) is 0 Å². The van der Waals surface area contributed by atoms with Crippen molar-refractivity contribution in [2.24, 2.45) is 0 Å². The average molecular weight is 345 g/mol. The largest absolute Gasteiger partial charge is 0.480 e. The van der Waals surface area contributed by atoms with Crippen molar-refractivity contribution in [3.8, 4) is 0 Å². The number of aliphatic carboxylic acids is 1. The third-order valence-corrected chi connectivity index (χ3v) is 7.48. The van der Waals surface area contributed by atoms with Gasteiger partial charge in [0, 0.05) is 0 Å². The van der Waals surface area contributed by atoms with E-state index < -0.39 is 37.1 Å². The molecule has 2 N–H and O–H groups in total. The van der Waals surface area contributed by atoms with Crippen molar-refractivity contribution in [3.63, 3.8) is 0 Å². The van der Waals surface area contributed by atoms with Crippen LogP contribution in [0.15, 0.2) is 0 Å². The molecule has 0 saturated carbocycles. The van der Waals surface area contributed by atoms with Gasteiger partial charge in [-0.3, -0.25) is 4.79 Å². The van der Waals surface area contributed by atoms with Gasteiger partial charge in [0.2, 0.25) is 10.0 Å². The zero-order chi connectivity index (χ0) is 15.4. The highest BCUT2D eigenvalue weighted by Gasteiger charge is 2.35. The molecule has 7 nitrogen and oxygen atoms in total. The summed E-state index contributed by atoms with van der Waals surface area (Å²) in [4.78, 5) is 11.0. The van der Waals surface area contributed by atoms with E-state index in [1.807, 2.05) is 0 Å². The van der Waals surface area contributed by atoms with Crippen LogP contribution < -0.4 is 4.72 Å². The lowest BCUT2D eigenvalue weighted by molar-refractivity contribution is -0.139. The molecule has 1 aliphatic rings. The molecular weight excluding hydrogens is 326 g/mol. The van der Waals surface area contributed by atoms with Crippen molar-refractivity contribution in [2.75, 3.05) is 23.5 Å². The number of sulfonamides is 1. The fourth-order valence-corrected chi connectivity index (χ4v) is 5.87. The van der Waals surface area contributed by atoms with Crippen LogP contribution in [0.5, 0.6) is 0 Å². The summed E-state index contributed by atoms with van der Waals surface area (Å²) < 4.78 is 49.0. The van der Waals surface area contributed by atoms with E-state index in [1.54, 1.807) is 6.26 Å². The van der Waals surface area contributed by atoms with Gasteiger partial charge in [-0.25, -0.2) is 21.6 Å². The number of carboxylic acid groups (broad SMARTS) is 1. The lowest BCUT2D eigenvalue weighted by atomic mass is 10.2. The first-order valence-electron chi connectivity index (χ1n) is 6.11. The molecule has 1 heterocycles. The minimum absolute atomic E-state index is 0.0204. The smallest absolute Gasteiger partial charge is 0.321 e. The fourth-order valence-electron chi connectivity index (χ4n) is 1.94. The van der Waals surface area contributed by atoms with Crippen LogP contribution in [0.2, 0.25) is 0 Å². The first-order chi connectivity index (χ1) is 9.18. The first kappa shape index (κ1) is 17.7. The van der Waals surface area contributed by atoms with Crippen LogP contribution in [-0.2, 0) is 24.7 Å².